The molecule has 3 N–H and O–H groups in total. The van der Waals surface area contributed by atoms with Crippen molar-refractivity contribution < 1.29 is 18.3 Å². The van der Waals surface area contributed by atoms with Gasteiger partial charge in [-0.15, -0.1) is 0 Å². The minimum atomic E-state index is -2.46. The number of alkyl halides is 2. The van der Waals surface area contributed by atoms with E-state index >= 15 is 0 Å². The number of benzene rings is 1. The molecular formula is C12H16F2N2O2. The highest BCUT2D eigenvalue weighted by atomic mass is 19.3. The fourth-order valence-corrected chi connectivity index (χ4v) is 1.30. The Kier molecular flexibility index (Phi) is 6.07. The predicted molar refractivity (Wildman–Crippen MR) is 65.5 cm³/mol. The maximum absolute atomic E-state index is 11.7. The van der Waals surface area contributed by atoms with Crippen LogP contribution in [0.25, 0.3) is 0 Å². The molecule has 18 heavy (non-hydrogen) atoms. The molecule has 0 aliphatic rings. The number of carbonyl (C=O) groups is 1. The third-order valence-corrected chi connectivity index (χ3v) is 2.13. The van der Waals surface area contributed by atoms with E-state index in [9.17, 15) is 13.6 Å². The molecule has 0 radical (unpaired) electrons. The molecule has 0 atom stereocenters. The molecule has 6 heteroatoms. The van der Waals surface area contributed by atoms with E-state index in [1.54, 1.807) is 24.3 Å². The second-order valence-electron chi connectivity index (χ2n) is 3.74. The number of amides is 1. The minimum Gasteiger partial charge on any atom is -0.399 e. The molecule has 0 unspecified atom stereocenters. The topological polar surface area (TPSA) is 64.3 Å². The average Bonchev–Trinajstić information content (AvgIpc) is 2.31. The lowest BCUT2D eigenvalue weighted by Crippen LogP contribution is -2.13. The molecule has 4 nitrogen and oxygen atoms in total. The Morgan fingerprint density at radius 3 is 2.61 bits per heavy atom. The summed E-state index contributed by atoms with van der Waals surface area (Å²) in [5, 5.41) is 2.67. The molecule has 100 valence electrons. The summed E-state index contributed by atoms with van der Waals surface area (Å²) < 4.78 is 28.1. The van der Waals surface area contributed by atoms with Gasteiger partial charge in [0, 0.05) is 24.4 Å². The van der Waals surface area contributed by atoms with Crippen LogP contribution in [-0.4, -0.2) is 25.5 Å². The molecule has 0 saturated carbocycles. The maximum atomic E-state index is 11.7. The van der Waals surface area contributed by atoms with Gasteiger partial charge in [-0.05, 0) is 30.7 Å². The lowest BCUT2D eigenvalue weighted by Gasteiger charge is -2.06. The summed E-state index contributed by atoms with van der Waals surface area (Å²) in [6, 6.07) is 6.75. The Bertz CT molecular complexity index is 369. The number of rotatable bonds is 7. The van der Waals surface area contributed by atoms with Crippen LogP contribution in [0.2, 0.25) is 0 Å². The van der Waals surface area contributed by atoms with E-state index in [1.165, 1.54) is 0 Å². The van der Waals surface area contributed by atoms with Gasteiger partial charge >= 0.3 is 0 Å². The van der Waals surface area contributed by atoms with E-state index in [-0.39, 0.29) is 18.9 Å². The quantitative estimate of drug-likeness (QED) is 0.582. The van der Waals surface area contributed by atoms with Crippen LogP contribution in [0.5, 0.6) is 0 Å². The van der Waals surface area contributed by atoms with Crippen molar-refractivity contribution in [3.05, 3.63) is 24.3 Å². The normalized spacial score (nSPS) is 10.6. The number of hydrogen-bond donors (Lipinski definition) is 2. The van der Waals surface area contributed by atoms with Crippen molar-refractivity contribution in [2.24, 2.45) is 0 Å². The molecule has 1 aromatic rings. The Balaban J connectivity index is 2.16. The zero-order chi connectivity index (χ0) is 13.4. The molecule has 0 bridgehead atoms. The summed E-state index contributed by atoms with van der Waals surface area (Å²) in [5.41, 5.74) is 6.78. The van der Waals surface area contributed by atoms with Gasteiger partial charge in [-0.2, -0.15) is 0 Å². The summed E-state index contributed by atoms with van der Waals surface area (Å²) in [6.07, 6.45) is -1.82. The Hall–Kier alpha value is -1.69. The van der Waals surface area contributed by atoms with E-state index in [2.05, 4.69) is 10.1 Å². The van der Waals surface area contributed by atoms with Crippen molar-refractivity contribution in [2.45, 2.75) is 19.3 Å². The Morgan fingerprint density at radius 2 is 2.00 bits per heavy atom. The van der Waals surface area contributed by atoms with Crippen molar-refractivity contribution in [3.63, 3.8) is 0 Å². The Labute approximate surface area is 104 Å². The number of nitrogens with one attached hydrogen (secondary N) is 1. The number of ether oxygens (including phenoxy) is 1. The molecule has 0 aliphatic carbocycles. The first kappa shape index (κ1) is 14.4. The molecule has 1 aromatic carbocycles. The Morgan fingerprint density at radius 1 is 1.33 bits per heavy atom. The van der Waals surface area contributed by atoms with Crippen molar-refractivity contribution >= 4 is 17.3 Å². The van der Waals surface area contributed by atoms with Gasteiger partial charge in [0.05, 0.1) is 0 Å². The largest absolute Gasteiger partial charge is 0.399 e. The SMILES string of the molecule is Nc1ccc(NC(=O)CCCOCC(F)F)cc1. The summed E-state index contributed by atoms with van der Waals surface area (Å²) in [6.45, 7) is -0.431. The third-order valence-electron chi connectivity index (χ3n) is 2.13. The van der Waals surface area contributed by atoms with Crippen molar-refractivity contribution in [3.8, 4) is 0 Å². The van der Waals surface area contributed by atoms with Crippen LogP contribution < -0.4 is 11.1 Å². The van der Waals surface area contributed by atoms with Gasteiger partial charge in [-0.3, -0.25) is 4.79 Å². The molecule has 1 rings (SSSR count). The first-order chi connectivity index (χ1) is 8.58. The lowest BCUT2D eigenvalue weighted by atomic mass is 10.2. The molecule has 0 aromatic heterocycles. The van der Waals surface area contributed by atoms with Crippen LogP contribution in [0.3, 0.4) is 0 Å². The number of anilines is 2. The lowest BCUT2D eigenvalue weighted by molar-refractivity contribution is -0.116. The first-order valence-electron chi connectivity index (χ1n) is 5.59. The number of carbonyl (C=O) groups excluding carboxylic acids is 1. The summed E-state index contributed by atoms with van der Waals surface area (Å²) >= 11 is 0. The molecule has 0 spiro atoms. The second-order valence-corrected chi connectivity index (χ2v) is 3.74. The highest BCUT2D eigenvalue weighted by molar-refractivity contribution is 5.90. The van der Waals surface area contributed by atoms with Crippen molar-refractivity contribution in [1.29, 1.82) is 0 Å². The van der Waals surface area contributed by atoms with Crippen molar-refractivity contribution in [1.82, 2.24) is 0 Å². The number of nitrogens with two attached hydrogens (primary N) is 1. The maximum Gasteiger partial charge on any atom is 0.261 e. The average molecular weight is 258 g/mol. The summed E-state index contributed by atoms with van der Waals surface area (Å²) in [4.78, 5) is 11.4. The van der Waals surface area contributed by atoms with Crippen LogP contribution in [0.15, 0.2) is 24.3 Å². The van der Waals surface area contributed by atoms with Gasteiger partial charge < -0.3 is 15.8 Å². The zero-order valence-corrected chi connectivity index (χ0v) is 9.86. The van der Waals surface area contributed by atoms with Crippen molar-refractivity contribution in [2.75, 3.05) is 24.3 Å². The van der Waals surface area contributed by atoms with E-state index in [1.807, 2.05) is 0 Å². The van der Waals surface area contributed by atoms with E-state index in [0.29, 0.717) is 17.8 Å². The van der Waals surface area contributed by atoms with Crippen LogP contribution in [0, 0.1) is 0 Å². The summed E-state index contributed by atoms with van der Waals surface area (Å²) in [7, 11) is 0. The fourth-order valence-electron chi connectivity index (χ4n) is 1.30. The fraction of sp³-hybridized carbons (Fsp3) is 0.417. The van der Waals surface area contributed by atoms with Gasteiger partial charge in [0.1, 0.15) is 6.61 Å². The van der Waals surface area contributed by atoms with E-state index in [4.69, 9.17) is 5.73 Å². The molecular weight excluding hydrogens is 242 g/mol. The molecule has 0 fully saturated rings. The van der Waals surface area contributed by atoms with Gasteiger partial charge in [0.15, 0.2) is 0 Å². The molecule has 0 heterocycles. The zero-order valence-electron chi connectivity index (χ0n) is 9.86. The van der Waals surface area contributed by atoms with E-state index in [0.717, 1.165) is 0 Å². The second kappa shape index (κ2) is 7.60. The van der Waals surface area contributed by atoms with Crippen LogP contribution in [0.1, 0.15) is 12.8 Å². The predicted octanol–water partition coefficient (Wildman–Crippen LogP) is 2.27. The summed E-state index contributed by atoms with van der Waals surface area (Å²) in [5.74, 6) is -0.180. The van der Waals surface area contributed by atoms with E-state index < -0.39 is 13.0 Å². The number of nitrogen functional groups attached to an aromatic ring is 1. The van der Waals surface area contributed by atoms with Gasteiger partial charge in [0.25, 0.3) is 6.43 Å². The van der Waals surface area contributed by atoms with Crippen LogP contribution in [-0.2, 0) is 9.53 Å². The molecule has 1 amide bonds. The number of hydrogen-bond acceptors (Lipinski definition) is 3. The molecule has 0 saturated heterocycles. The highest BCUT2D eigenvalue weighted by Gasteiger charge is 2.04. The standard InChI is InChI=1S/C12H16F2N2O2/c13-11(14)8-18-7-1-2-12(17)16-10-5-3-9(15)4-6-10/h3-6,11H,1-2,7-8,15H2,(H,16,17). The molecule has 0 aliphatic heterocycles. The van der Waals surface area contributed by atoms with Gasteiger partial charge in [-0.25, -0.2) is 8.78 Å². The highest BCUT2D eigenvalue weighted by Crippen LogP contribution is 2.10. The first-order valence-corrected chi connectivity index (χ1v) is 5.59. The van der Waals surface area contributed by atoms with Crippen LogP contribution in [0.4, 0.5) is 20.2 Å². The minimum absolute atomic E-state index is 0.152. The van der Waals surface area contributed by atoms with Crippen LogP contribution >= 0.6 is 0 Å². The van der Waals surface area contributed by atoms with Gasteiger partial charge in [-0.1, -0.05) is 0 Å². The smallest absolute Gasteiger partial charge is 0.261 e. The number of halogens is 2. The van der Waals surface area contributed by atoms with Gasteiger partial charge in [0.2, 0.25) is 5.91 Å². The third kappa shape index (κ3) is 6.15. The monoisotopic (exact) mass is 258 g/mol.